The van der Waals surface area contributed by atoms with E-state index in [0.717, 1.165) is 23.2 Å². The number of piperidine rings is 1. The highest BCUT2D eigenvalue weighted by Gasteiger charge is 2.37. The van der Waals surface area contributed by atoms with Crippen LogP contribution in [0.3, 0.4) is 0 Å². The molecule has 29 heavy (non-hydrogen) atoms. The smallest absolute Gasteiger partial charge is 0.255 e. The van der Waals surface area contributed by atoms with Crippen LogP contribution in [0.25, 0.3) is 11.1 Å². The largest absolute Gasteiger partial charge is 0.384 e. The van der Waals surface area contributed by atoms with Gasteiger partial charge in [-0.05, 0) is 42.2 Å². The third-order valence-corrected chi connectivity index (χ3v) is 5.87. The van der Waals surface area contributed by atoms with E-state index in [1.165, 1.54) is 6.20 Å². The summed E-state index contributed by atoms with van der Waals surface area (Å²) in [6, 6.07) is 10.9. The summed E-state index contributed by atoms with van der Waals surface area (Å²) in [6.45, 7) is 1.88. The number of pyridine rings is 3. The van der Waals surface area contributed by atoms with Crippen LogP contribution in [-0.2, 0) is 6.54 Å². The van der Waals surface area contributed by atoms with Crippen LogP contribution < -0.4 is 11.3 Å². The van der Waals surface area contributed by atoms with Gasteiger partial charge < -0.3 is 15.2 Å². The van der Waals surface area contributed by atoms with Gasteiger partial charge in [0.05, 0.1) is 5.56 Å². The van der Waals surface area contributed by atoms with Gasteiger partial charge in [-0.1, -0.05) is 6.07 Å². The summed E-state index contributed by atoms with van der Waals surface area (Å²) in [5, 5.41) is 0. The number of nitrogens with two attached hydrogens (primary N) is 1. The predicted molar refractivity (Wildman–Crippen MR) is 109 cm³/mol. The summed E-state index contributed by atoms with van der Waals surface area (Å²) < 4.78 is 1.88. The second-order valence-corrected chi connectivity index (χ2v) is 7.84. The lowest BCUT2D eigenvalue weighted by atomic mass is 9.82. The minimum Gasteiger partial charge on any atom is -0.384 e. The molecule has 5 heterocycles. The molecule has 3 aromatic rings. The molecule has 2 aliphatic rings. The van der Waals surface area contributed by atoms with Crippen LogP contribution in [0.4, 0.5) is 5.82 Å². The van der Waals surface area contributed by atoms with Crippen molar-refractivity contribution in [3.8, 4) is 11.1 Å². The van der Waals surface area contributed by atoms with Crippen molar-refractivity contribution in [3.63, 3.8) is 0 Å². The molecule has 2 N–H and O–H groups in total. The summed E-state index contributed by atoms with van der Waals surface area (Å²) >= 11 is 0. The SMILES string of the molecule is Nc1ccc(C(=O)N2C[C@@H]3C[C@H](C2)c2cc(-c4cccnc4)cc(=O)n2C3)cn1. The monoisotopic (exact) mass is 387 g/mol. The topological polar surface area (TPSA) is 94.1 Å². The van der Waals surface area contributed by atoms with E-state index >= 15 is 0 Å². The third kappa shape index (κ3) is 3.18. The first kappa shape index (κ1) is 17.6. The second-order valence-electron chi connectivity index (χ2n) is 7.84. The van der Waals surface area contributed by atoms with Gasteiger partial charge in [0.15, 0.2) is 0 Å². The number of carbonyl (C=O) groups is 1. The van der Waals surface area contributed by atoms with Crippen LogP contribution in [0, 0.1) is 5.92 Å². The van der Waals surface area contributed by atoms with Gasteiger partial charge in [-0.15, -0.1) is 0 Å². The van der Waals surface area contributed by atoms with Crippen molar-refractivity contribution >= 4 is 11.7 Å². The van der Waals surface area contributed by atoms with Crippen LogP contribution >= 0.6 is 0 Å². The lowest BCUT2D eigenvalue weighted by molar-refractivity contribution is 0.0594. The number of aromatic nitrogens is 3. The zero-order chi connectivity index (χ0) is 20.0. The van der Waals surface area contributed by atoms with Crippen LogP contribution in [0.5, 0.6) is 0 Å². The van der Waals surface area contributed by atoms with Crippen LogP contribution in [-0.4, -0.2) is 38.4 Å². The number of carbonyl (C=O) groups excluding carboxylic acids is 1. The Balaban J connectivity index is 1.48. The van der Waals surface area contributed by atoms with Gasteiger partial charge in [0, 0.05) is 61.5 Å². The summed E-state index contributed by atoms with van der Waals surface area (Å²) in [5.74, 6) is 0.770. The number of rotatable bonds is 2. The van der Waals surface area contributed by atoms with E-state index in [4.69, 9.17) is 5.73 Å². The Labute approximate surface area is 167 Å². The zero-order valence-corrected chi connectivity index (χ0v) is 15.9. The van der Waals surface area contributed by atoms with Crippen molar-refractivity contribution in [2.75, 3.05) is 18.8 Å². The van der Waals surface area contributed by atoms with Gasteiger partial charge in [-0.3, -0.25) is 14.6 Å². The Morgan fingerprint density at radius 2 is 1.97 bits per heavy atom. The van der Waals surface area contributed by atoms with Crippen molar-refractivity contribution < 1.29 is 4.79 Å². The fourth-order valence-corrected chi connectivity index (χ4v) is 4.54. The molecule has 0 saturated carbocycles. The highest BCUT2D eigenvalue weighted by Crippen LogP contribution is 2.37. The number of nitrogen functional groups attached to an aromatic ring is 1. The molecule has 7 nitrogen and oxygen atoms in total. The number of amides is 1. The minimum atomic E-state index is -0.0357. The summed E-state index contributed by atoms with van der Waals surface area (Å²) in [6.07, 6.45) is 6.00. The Kier molecular flexibility index (Phi) is 4.16. The summed E-state index contributed by atoms with van der Waals surface area (Å²) in [4.78, 5) is 35.9. The molecule has 0 aromatic carbocycles. The van der Waals surface area contributed by atoms with E-state index < -0.39 is 0 Å². The molecule has 1 fully saturated rings. The van der Waals surface area contributed by atoms with Gasteiger partial charge in [0.2, 0.25) is 0 Å². The molecule has 0 aliphatic carbocycles. The zero-order valence-electron chi connectivity index (χ0n) is 15.9. The lowest BCUT2D eigenvalue weighted by Crippen LogP contribution is -2.49. The number of hydrogen-bond acceptors (Lipinski definition) is 5. The Hall–Kier alpha value is -3.48. The molecule has 0 spiro atoms. The van der Waals surface area contributed by atoms with Gasteiger partial charge in [0.25, 0.3) is 11.5 Å². The quantitative estimate of drug-likeness (QED) is 0.727. The molecular formula is C22H21N5O2. The van der Waals surface area contributed by atoms with Crippen LogP contribution in [0.15, 0.2) is 59.8 Å². The van der Waals surface area contributed by atoms with Crippen molar-refractivity contribution in [1.29, 1.82) is 0 Å². The van der Waals surface area contributed by atoms with E-state index in [2.05, 4.69) is 16.0 Å². The van der Waals surface area contributed by atoms with Gasteiger partial charge >= 0.3 is 0 Å². The van der Waals surface area contributed by atoms with Crippen molar-refractivity contribution in [2.24, 2.45) is 5.92 Å². The van der Waals surface area contributed by atoms with Crippen LogP contribution in [0.2, 0.25) is 0 Å². The molecule has 3 aromatic heterocycles. The molecule has 5 rings (SSSR count). The molecule has 1 saturated heterocycles. The van der Waals surface area contributed by atoms with Crippen molar-refractivity contribution in [2.45, 2.75) is 18.9 Å². The molecule has 2 bridgehead atoms. The lowest BCUT2D eigenvalue weighted by Gasteiger charge is -2.43. The minimum absolute atomic E-state index is 0.0126. The standard InChI is InChI=1S/C22H21N5O2/c23-20-4-3-16(10-25-20)22(29)26-11-14-6-18(13-26)19-7-17(8-21(28)27(19)12-14)15-2-1-5-24-9-15/h1-5,7-10,14,18H,6,11-13H2,(H2,23,25)/t14-,18+/m0/s1. The Morgan fingerprint density at radius 3 is 2.72 bits per heavy atom. The molecule has 1 amide bonds. The fourth-order valence-electron chi connectivity index (χ4n) is 4.54. The first-order valence-electron chi connectivity index (χ1n) is 9.74. The first-order chi connectivity index (χ1) is 14.1. The van der Waals surface area contributed by atoms with Gasteiger partial charge in [0.1, 0.15) is 5.82 Å². The number of nitrogens with zero attached hydrogens (tertiary/aromatic N) is 4. The molecular weight excluding hydrogens is 366 g/mol. The maximum atomic E-state index is 13.0. The van der Waals surface area contributed by atoms with E-state index in [1.54, 1.807) is 30.6 Å². The van der Waals surface area contributed by atoms with E-state index in [9.17, 15) is 9.59 Å². The molecule has 146 valence electrons. The predicted octanol–water partition coefficient (Wildman–Crippen LogP) is 2.15. The fraction of sp³-hybridized carbons (Fsp3) is 0.273. The van der Waals surface area contributed by atoms with E-state index in [0.29, 0.717) is 31.0 Å². The third-order valence-electron chi connectivity index (χ3n) is 5.87. The summed E-state index contributed by atoms with van der Waals surface area (Å²) in [5.41, 5.74) is 8.99. The second kappa shape index (κ2) is 6.84. The number of hydrogen-bond donors (Lipinski definition) is 1. The summed E-state index contributed by atoms with van der Waals surface area (Å²) in [7, 11) is 0. The average molecular weight is 387 g/mol. The van der Waals surface area contributed by atoms with Crippen LogP contribution in [0.1, 0.15) is 28.4 Å². The Bertz CT molecular complexity index is 1120. The number of fused-ring (bicyclic) bond motifs is 4. The number of likely N-dealkylation sites (tertiary alicyclic amines) is 1. The average Bonchev–Trinajstić information content (AvgIpc) is 2.75. The van der Waals surface area contributed by atoms with Gasteiger partial charge in [-0.25, -0.2) is 4.98 Å². The van der Waals surface area contributed by atoms with Gasteiger partial charge in [-0.2, -0.15) is 0 Å². The molecule has 7 heteroatoms. The van der Waals surface area contributed by atoms with E-state index in [-0.39, 0.29) is 23.3 Å². The maximum Gasteiger partial charge on any atom is 0.255 e. The molecule has 2 aliphatic heterocycles. The maximum absolute atomic E-state index is 13.0. The molecule has 2 atom stereocenters. The highest BCUT2D eigenvalue weighted by molar-refractivity contribution is 5.94. The van der Waals surface area contributed by atoms with Crippen molar-refractivity contribution in [1.82, 2.24) is 19.4 Å². The van der Waals surface area contributed by atoms with E-state index in [1.807, 2.05) is 21.6 Å². The highest BCUT2D eigenvalue weighted by atomic mass is 16.2. The van der Waals surface area contributed by atoms with Crippen molar-refractivity contribution in [3.05, 3.63) is 76.6 Å². The molecule has 0 radical (unpaired) electrons. The first-order valence-corrected chi connectivity index (χ1v) is 9.74. The normalized spacial score (nSPS) is 20.2. The molecule has 0 unspecified atom stereocenters. The Morgan fingerprint density at radius 1 is 1.07 bits per heavy atom. The number of anilines is 1.